The molecule has 0 aromatic heterocycles. The second-order valence-corrected chi connectivity index (χ2v) is 1.05. The Morgan fingerprint density at radius 2 is 1.45 bits per heavy atom. The molecule has 0 heterocycles. The largest absolute Gasteiger partial charge is 0.273 e. The van der Waals surface area contributed by atoms with E-state index in [9.17, 15) is 0 Å². The van der Waals surface area contributed by atoms with E-state index in [1.807, 2.05) is 52.8 Å². The van der Waals surface area contributed by atoms with Crippen LogP contribution in [0, 0.1) is 0 Å². The van der Waals surface area contributed by atoms with E-state index in [-0.39, 0.29) is 0 Å². The van der Waals surface area contributed by atoms with Gasteiger partial charge in [-0.3, -0.25) is 4.99 Å². The van der Waals surface area contributed by atoms with E-state index in [0.29, 0.717) is 0 Å². The molecule has 0 rings (SSSR count). The third-order valence-electron chi connectivity index (χ3n) is 0.495. The molecule has 11 heavy (non-hydrogen) atoms. The summed E-state index contributed by atoms with van der Waals surface area (Å²) < 4.78 is 0. The van der Waals surface area contributed by atoms with Crippen molar-refractivity contribution >= 4 is 6.72 Å². The number of hydrogen-bond donors (Lipinski definition) is 0. The van der Waals surface area contributed by atoms with Crippen molar-refractivity contribution in [3.63, 3.8) is 0 Å². The van der Waals surface area contributed by atoms with Crippen LogP contribution in [-0.4, -0.2) is 6.72 Å². The van der Waals surface area contributed by atoms with E-state index in [1.54, 1.807) is 6.20 Å². The van der Waals surface area contributed by atoms with Gasteiger partial charge in [-0.1, -0.05) is 39.8 Å². The minimum absolute atomic E-state index is 1.64. The van der Waals surface area contributed by atoms with E-state index in [2.05, 4.69) is 11.7 Å². The summed E-state index contributed by atoms with van der Waals surface area (Å²) in [6.45, 7) is 13.2. The quantitative estimate of drug-likeness (QED) is 0.424. The highest BCUT2D eigenvalue weighted by Gasteiger charge is 1.52. The Bertz CT molecular complexity index is 91.0. The fourth-order valence-electron chi connectivity index (χ4n) is 0.222. The monoisotopic (exact) mass is 155 g/mol. The number of allylic oxidation sites excluding steroid dienone is 3. The molecule has 0 aromatic rings. The van der Waals surface area contributed by atoms with Crippen LogP contribution < -0.4 is 0 Å². The Kier molecular flexibility index (Phi) is 53.3. The Labute approximate surface area is 71.6 Å². The van der Waals surface area contributed by atoms with Gasteiger partial charge in [-0.15, -0.1) is 0 Å². The van der Waals surface area contributed by atoms with Crippen molar-refractivity contribution in [2.75, 3.05) is 0 Å². The summed E-state index contributed by atoms with van der Waals surface area (Å²) in [7, 11) is 0. The van der Waals surface area contributed by atoms with Gasteiger partial charge in [0.1, 0.15) is 0 Å². The zero-order valence-corrected chi connectivity index (χ0v) is 8.46. The van der Waals surface area contributed by atoms with Crippen LogP contribution in [0.2, 0.25) is 0 Å². The molecule has 0 atom stereocenters. The molecule has 0 unspecified atom stereocenters. The number of hydrogen-bond acceptors (Lipinski definition) is 1. The standard InChI is InChI=1S/C6H9N.2C2H6/c1-3-4-5-6-7-2;2*1-2/h3-6H,2H2,1H3;2*1-2H3/b4-3-,6-5-;;. The van der Waals surface area contributed by atoms with E-state index in [4.69, 9.17) is 0 Å². The van der Waals surface area contributed by atoms with Gasteiger partial charge in [0.2, 0.25) is 0 Å². The number of rotatable bonds is 2. The highest BCUT2D eigenvalue weighted by molar-refractivity contribution is 5.26. The Morgan fingerprint density at radius 1 is 1.00 bits per heavy atom. The molecule has 0 radical (unpaired) electrons. The van der Waals surface area contributed by atoms with E-state index in [0.717, 1.165) is 0 Å². The zero-order chi connectivity index (χ0) is 9.54. The van der Waals surface area contributed by atoms with Crippen molar-refractivity contribution in [1.82, 2.24) is 0 Å². The molecule has 1 heteroatoms. The third kappa shape index (κ3) is 47.1. The molecule has 0 saturated carbocycles. The Morgan fingerprint density at radius 3 is 1.73 bits per heavy atom. The molecule has 0 fully saturated rings. The normalized spacial score (nSPS) is 8.09. The lowest BCUT2D eigenvalue weighted by atomic mass is 10.5. The van der Waals surface area contributed by atoms with Gasteiger partial charge in [-0.2, -0.15) is 0 Å². The minimum Gasteiger partial charge on any atom is -0.273 e. The average Bonchev–Trinajstić information content (AvgIpc) is 2.13. The molecule has 0 saturated heterocycles. The van der Waals surface area contributed by atoms with Crippen molar-refractivity contribution < 1.29 is 0 Å². The first-order valence-electron chi connectivity index (χ1n) is 4.15. The van der Waals surface area contributed by atoms with Crippen LogP contribution in [-0.2, 0) is 0 Å². The van der Waals surface area contributed by atoms with Crippen LogP contribution in [0.25, 0.3) is 0 Å². The van der Waals surface area contributed by atoms with E-state index >= 15 is 0 Å². The maximum absolute atomic E-state index is 3.49. The van der Waals surface area contributed by atoms with E-state index in [1.165, 1.54) is 0 Å². The Balaban J connectivity index is -0.000000138. The van der Waals surface area contributed by atoms with Gasteiger partial charge in [-0.05, 0) is 19.7 Å². The molecule has 0 aliphatic carbocycles. The van der Waals surface area contributed by atoms with E-state index < -0.39 is 0 Å². The smallest absolute Gasteiger partial charge is 0.0260 e. The molecule has 0 aliphatic heterocycles. The summed E-state index contributed by atoms with van der Waals surface area (Å²) in [4.78, 5) is 3.49. The van der Waals surface area contributed by atoms with Crippen molar-refractivity contribution in [2.24, 2.45) is 4.99 Å². The zero-order valence-electron chi connectivity index (χ0n) is 8.46. The van der Waals surface area contributed by atoms with Crippen LogP contribution in [0.5, 0.6) is 0 Å². The first kappa shape index (κ1) is 16.6. The van der Waals surface area contributed by atoms with Crippen LogP contribution in [0.1, 0.15) is 34.6 Å². The summed E-state index contributed by atoms with van der Waals surface area (Å²) in [5, 5.41) is 0. The van der Waals surface area contributed by atoms with Gasteiger partial charge >= 0.3 is 0 Å². The van der Waals surface area contributed by atoms with Gasteiger partial charge in [0.15, 0.2) is 0 Å². The summed E-state index contributed by atoms with van der Waals surface area (Å²) in [5.41, 5.74) is 0. The summed E-state index contributed by atoms with van der Waals surface area (Å²) >= 11 is 0. The lowest BCUT2D eigenvalue weighted by molar-refractivity contribution is 1.50. The summed E-state index contributed by atoms with van der Waals surface area (Å²) in [5.74, 6) is 0. The van der Waals surface area contributed by atoms with Crippen molar-refractivity contribution in [1.29, 1.82) is 0 Å². The SMILES string of the molecule is C=N/C=C\C=C/C.CC.CC. The first-order valence-corrected chi connectivity index (χ1v) is 4.15. The molecule has 0 N–H and O–H groups in total. The van der Waals surface area contributed by atoms with Gasteiger partial charge in [0.25, 0.3) is 0 Å². The van der Waals surface area contributed by atoms with Crippen molar-refractivity contribution in [2.45, 2.75) is 34.6 Å². The second kappa shape index (κ2) is 35.3. The fraction of sp³-hybridized carbons (Fsp3) is 0.500. The molecule has 0 aromatic carbocycles. The second-order valence-electron chi connectivity index (χ2n) is 1.05. The molecule has 0 spiro atoms. The Hall–Kier alpha value is -0.850. The number of aliphatic imine (C=N–C) groups is 1. The topological polar surface area (TPSA) is 12.4 Å². The highest BCUT2D eigenvalue weighted by Crippen LogP contribution is 1.73. The average molecular weight is 155 g/mol. The predicted molar refractivity (Wildman–Crippen MR) is 56.2 cm³/mol. The predicted octanol–water partition coefficient (Wildman–Crippen LogP) is 3.83. The van der Waals surface area contributed by atoms with Crippen LogP contribution in [0.3, 0.4) is 0 Å². The van der Waals surface area contributed by atoms with Crippen LogP contribution >= 0.6 is 0 Å². The van der Waals surface area contributed by atoms with Gasteiger partial charge < -0.3 is 0 Å². The molecular formula is C10H21N. The maximum Gasteiger partial charge on any atom is 0.0260 e. The maximum atomic E-state index is 3.49. The molecule has 0 aliphatic rings. The fourth-order valence-corrected chi connectivity index (χ4v) is 0.222. The molecule has 0 bridgehead atoms. The van der Waals surface area contributed by atoms with Gasteiger partial charge in [-0.25, -0.2) is 0 Å². The van der Waals surface area contributed by atoms with Crippen LogP contribution in [0.15, 0.2) is 29.4 Å². The minimum atomic E-state index is 1.64. The first-order chi connectivity index (χ1) is 5.41. The molecular weight excluding hydrogens is 134 g/mol. The molecule has 1 nitrogen and oxygen atoms in total. The summed E-state index contributed by atoms with van der Waals surface area (Å²) in [6.07, 6.45) is 7.30. The summed E-state index contributed by atoms with van der Waals surface area (Å²) in [6, 6.07) is 0. The van der Waals surface area contributed by atoms with Gasteiger partial charge in [0.05, 0.1) is 0 Å². The molecule has 66 valence electrons. The van der Waals surface area contributed by atoms with Crippen molar-refractivity contribution in [3.8, 4) is 0 Å². The lowest BCUT2D eigenvalue weighted by Gasteiger charge is -1.65. The van der Waals surface area contributed by atoms with Crippen molar-refractivity contribution in [3.05, 3.63) is 24.4 Å². The lowest BCUT2D eigenvalue weighted by Crippen LogP contribution is -1.44. The third-order valence-corrected chi connectivity index (χ3v) is 0.495. The molecule has 0 amide bonds. The number of nitrogens with zero attached hydrogens (tertiary/aromatic N) is 1. The highest BCUT2D eigenvalue weighted by atomic mass is 14.6. The van der Waals surface area contributed by atoms with Crippen LogP contribution in [0.4, 0.5) is 0 Å². The van der Waals surface area contributed by atoms with Gasteiger partial charge in [0, 0.05) is 6.20 Å².